The molecule has 7 heteroatoms. The van der Waals surface area contributed by atoms with Crippen molar-refractivity contribution in [1.29, 1.82) is 5.26 Å². The van der Waals surface area contributed by atoms with E-state index in [2.05, 4.69) is 17.1 Å². The van der Waals surface area contributed by atoms with Gasteiger partial charge in [-0.05, 0) is 74.3 Å². The largest absolute Gasteiger partial charge is 0.462 e. The van der Waals surface area contributed by atoms with Crippen LogP contribution in [0, 0.1) is 40.9 Å². The van der Waals surface area contributed by atoms with E-state index in [-0.39, 0.29) is 41.8 Å². The molecule has 5 rings (SSSR count). The summed E-state index contributed by atoms with van der Waals surface area (Å²) in [5.41, 5.74) is 3.38. The molecule has 186 valence electrons. The van der Waals surface area contributed by atoms with Crippen LogP contribution in [0.25, 0.3) is 17.2 Å². The van der Waals surface area contributed by atoms with E-state index in [0.29, 0.717) is 31.2 Å². The van der Waals surface area contributed by atoms with Gasteiger partial charge in [0, 0.05) is 30.8 Å². The van der Waals surface area contributed by atoms with E-state index < -0.39 is 0 Å². The van der Waals surface area contributed by atoms with Gasteiger partial charge in [0.05, 0.1) is 29.9 Å². The van der Waals surface area contributed by atoms with Crippen LogP contribution in [0.5, 0.6) is 0 Å². The number of carbonyl (C=O) groups excluding carboxylic acids is 2. The Kier molecular flexibility index (Phi) is 6.77. The minimum absolute atomic E-state index is 0.111. The van der Waals surface area contributed by atoms with Crippen LogP contribution in [0.3, 0.4) is 0 Å². The number of rotatable bonds is 4. The van der Waals surface area contributed by atoms with Gasteiger partial charge in [0.2, 0.25) is 0 Å². The maximum Gasteiger partial charge on any atom is 0.409 e. The minimum atomic E-state index is -0.267. The monoisotopic (exact) mass is 485 g/mol. The summed E-state index contributed by atoms with van der Waals surface area (Å²) in [6.07, 6.45) is 7.34. The zero-order valence-electron chi connectivity index (χ0n) is 20.7. The summed E-state index contributed by atoms with van der Waals surface area (Å²) >= 11 is 0. The number of hydrogen-bond donors (Lipinski definition) is 0. The van der Waals surface area contributed by atoms with Crippen LogP contribution in [0.4, 0.5) is 4.79 Å². The molecule has 6 atom stereocenters. The number of amides is 1. The molecule has 5 unspecified atom stereocenters. The van der Waals surface area contributed by atoms with E-state index in [4.69, 9.17) is 14.7 Å². The van der Waals surface area contributed by atoms with Gasteiger partial charge in [0.15, 0.2) is 0 Å². The number of nitriles is 1. The average molecular weight is 486 g/mol. The summed E-state index contributed by atoms with van der Waals surface area (Å²) in [6.45, 7) is 5.46. The number of carbonyl (C=O) groups is 2. The predicted molar refractivity (Wildman–Crippen MR) is 134 cm³/mol. The number of piperidine rings is 1. The SMILES string of the molecule is CCOC(=O)N1CCC2C(CC3C(=O)O[C@H](C)C3C2/C=C/c2ccc(-c3cccc(C#N)c3)cn2)C1. The quantitative estimate of drug-likeness (QED) is 0.571. The lowest BCUT2D eigenvalue weighted by atomic mass is 9.59. The fourth-order valence-electron chi connectivity index (χ4n) is 6.39. The van der Waals surface area contributed by atoms with E-state index in [1.54, 1.807) is 11.0 Å². The van der Waals surface area contributed by atoms with E-state index >= 15 is 0 Å². The predicted octanol–water partition coefficient (Wildman–Crippen LogP) is 4.93. The number of nitrogens with zero attached hydrogens (tertiary/aromatic N) is 3. The second-order valence-corrected chi connectivity index (χ2v) is 10.0. The molecule has 1 aliphatic carbocycles. The third-order valence-electron chi connectivity index (χ3n) is 8.03. The molecule has 2 saturated heterocycles. The molecule has 36 heavy (non-hydrogen) atoms. The van der Waals surface area contributed by atoms with Crippen molar-refractivity contribution in [2.45, 2.75) is 32.8 Å². The Labute approximate surface area is 211 Å². The maximum absolute atomic E-state index is 12.7. The maximum atomic E-state index is 12.7. The number of aromatic nitrogens is 1. The molecule has 2 aromatic rings. The van der Waals surface area contributed by atoms with Crippen LogP contribution in [0.1, 0.15) is 37.9 Å². The molecule has 3 aliphatic rings. The number of pyridine rings is 1. The van der Waals surface area contributed by atoms with Crippen molar-refractivity contribution in [3.63, 3.8) is 0 Å². The highest BCUT2D eigenvalue weighted by molar-refractivity contribution is 5.76. The molecule has 1 aromatic heterocycles. The number of likely N-dealkylation sites (tertiary alicyclic amines) is 1. The highest BCUT2D eigenvalue weighted by Gasteiger charge is 2.54. The van der Waals surface area contributed by atoms with E-state index in [1.165, 1.54) is 0 Å². The zero-order chi connectivity index (χ0) is 25.2. The van der Waals surface area contributed by atoms with Crippen molar-refractivity contribution in [2.24, 2.45) is 29.6 Å². The third-order valence-corrected chi connectivity index (χ3v) is 8.03. The molecule has 3 heterocycles. The number of esters is 1. The highest BCUT2D eigenvalue weighted by Crippen LogP contribution is 2.51. The molecule has 1 amide bonds. The molecule has 1 saturated carbocycles. The van der Waals surface area contributed by atoms with Crippen LogP contribution in [-0.4, -0.2) is 47.7 Å². The molecule has 0 N–H and O–H groups in total. The topological polar surface area (TPSA) is 92.5 Å². The molecule has 3 fully saturated rings. The molecule has 0 bridgehead atoms. The Bertz CT molecular complexity index is 1200. The first-order valence-corrected chi connectivity index (χ1v) is 12.8. The average Bonchev–Trinajstić information content (AvgIpc) is 3.19. The fraction of sp³-hybridized carbons (Fsp3) is 0.448. The number of ether oxygens (including phenoxy) is 2. The molecule has 0 radical (unpaired) electrons. The second kappa shape index (κ2) is 10.1. The Morgan fingerprint density at radius 1 is 1.31 bits per heavy atom. The fourth-order valence-corrected chi connectivity index (χ4v) is 6.39. The van der Waals surface area contributed by atoms with Gasteiger partial charge < -0.3 is 14.4 Å². The zero-order valence-corrected chi connectivity index (χ0v) is 20.7. The van der Waals surface area contributed by atoms with E-state index in [9.17, 15) is 9.59 Å². The van der Waals surface area contributed by atoms with Gasteiger partial charge in [0.25, 0.3) is 0 Å². The molecule has 2 aliphatic heterocycles. The van der Waals surface area contributed by atoms with Crippen molar-refractivity contribution < 1.29 is 19.1 Å². The van der Waals surface area contributed by atoms with Crippen LogP contribution in [0.15, 0.2) is 48.7 Å². The van der Waals surface area contributed by atoms with Crippen LogP contribution >= 0.6 is 0 Å². The Morgan fingerprint density at radius 3 is 2.92 bits per heavy atom. The van der Waals surface area contributed by atoms with Gasteiger partial charge in [-0.25, -0.2) is 4.79 Å². The summed E-state index contributed by atoms with van der Waals surface area (Å²) in [7, 11) is 0. The van der Waals surface area contributed by atoms with Crippen molar-refractivity contribution in [1.82, 2.24) is 9.88 Å². The van der Waals surface area contributed by atoms with E-state index in [0.717, 1.165) is 29.7 Å². The molecule has 0 spiro atoms. The smallest absolute Gasteiger partial charge is 0.409 e. The number of cyclic esters (lactones) is 1. The first kappa shape index (κ1) is 24.1. The van der Waals surface area contributed by atoms with Gasteiger partial charge in [-0.1, -0.05) is 24.3 Å². The van der Waals surface area contributed by atoms with Crippen LogP contribution < -0.4 is 0 Å². The lowest BCUT2D eigenvalue weighted by Gasteiger charge is -2.48. The van der Waals surface area contributed by atoms with Crippen molar-refractivity contribution >= 4 is 18.1 Å². The highest BCUT2D eigenvalue weighted by atomic mass is 16.6. The Balaban J connectivity index is 1.37. The normalized spacial score (nSPS) is 29.2. The Morgan fingerprint density at radius 2 is 2.17 bits per heavy atom. The number of fused-ring (bicyclic) bond motifs is 2. The first-order chi connectivity index (χ1) is 17.5. The summed E-state index contributed by atoms with van der Waals surface area (Å²) in [4.78, 5) is 31.4. The first-order valence-electron chi connectivity index (χ1n) is 12.8. The summed E-state index contributed by atoms with van der Waals surface area (Å²) in [5.74, 6) is 0.670. The Hall–Kier alpha value is -3.66. The lowest BCUT2D eigenvalue weighted by molar-refractivity contribution is -0.144. The number of benzene rings is 1. The summed E-state index contributed by atoms with van der Waals surface area (Å²) in [5, 5.41) is 9.16. The minimum Gasteiger partial charge on any atom is -0.462 e. The second-order valence-electron chi connectivity index (χ2n) is 10.0. The van der Waals surface area contributed by atoms with Crippen molar-refractivity contribution in [3.05, 3.63) is 59.9 Å². The van der Waals surface area contributed by atoms with E-state index in [1.807, 2.05) is 56.5 Å². The molecule has 1 aromatic carbocycles. The third kappa shape index (κ3) is 4.60. The van der Waals surface area contributed by atoms with Gasteiger partial charge in [-0.2, -0.15) is 5.26 Å². The van der Waals surface area contributed by atoms with Crippen LogP contribution in [0.2, 0.25) is 0 Å². The molecular formula is C29H31N3O4. The standard InChI is InChI=1S/C29H31N3O4/c1-3-35-29(34)32-12-11-24-22(17-32)14-26-27(18(2)36-28(26)33)25(24)10-9-23-8-7-21(16-31-23)20-6-4-5-19(13-20)15-30/h4-10,13,16,18,22,24-27H,3,11-12,14,17H2,1-2H3/b10-9+/t18-,22?,24?,25?,26?,27?/m1/s1. The molecular weight excluding hydrogens is 454 g/mol. The van der Waals surface area contributed by atoms with Crippen molar-refractivity contribution in [3.8, 4) is 17.2 Å². The van der Waals surface area contributed by atoms with Gasteiger partial charge in [-0.15, -0.1) is 0 Å². The summed E-state index contributed by atoms with van der Waals surface area (Å²) < 4.78 is 10.9. The van der Waals surface area contributed by atoms with Gasteiger partial charge >= 0.3 is 12.1 Å². The van der Waals surface area contributed by atoms with Gasteiger partial charge in [-0.3, -0.25) is 9.78 Å². The number of allylic oxidation sites excluding steroid dienone is 1. The molecule has 7 nitrogen and oxygen atoms in total. The lowest BCUT2D eigenvalue weighted by Crippen LogP contribution is -2.51. The van der Waals surface area contributed by atoms with Crippen LogP contribution in [-0.2, 0) is 14.3 Å². The summed E-state index contributed by atoms with van der Waals surface area (Å²) in [6, 6.07) is 13.6. The van der Waals surface area contributed by atoms with Gasteiger partial charge in [0.1, 0.15) is 6.10 Å². The van der Waals surface area contributed by atoms with Crippen molar-refractivity contribution in [2.75, 3.05) is 19.7 Å². The number of hydrogen-bond acceptors (Lipinski definition) is 6.